The summed E-state index contributed by atoms with van der Waals surface area (Å²) in [5.41, 5.74) is 0.473. The van der Waals surface area contributed by atoms with Gasteiger partial charge >= 0.3 is 0 Å². The molecule has 7 heteroatoms. The molecule has 0 bridgehead atoms. The largest absolute Gasteiger partial charge is 0.481 e. The second-order valence-corrected chi connectivity index (χ2v) is 6.81. The Balaban J connectivity index is 1.66. The molecule has 0 spiro atoms. The Kier molecular flexibility index (Phi) is 6.32. The van der Waals surface area contributed by atoms with Crippen molar-refractivity contribution in [2.24, 2.45) is 0 Å². The van der Waals surface area contributed by atoms with Gasteiger partial charge in [-0.2, -0.15) is 4.98 Å². The number of pyridine rings is 1. The van der Waals surface area contributed by atoms with Crippen molar-refractivity contribution in [3.63, 3.8) is 0 Å². The fourth-order valence-electron chi connectivity index (χ4n) is 3.56. The number of hydrogen-bond donors (Lipinski definition) is 0. The van der Waals surface area contributed by atoms with Crippen molar-refractivity contribution in [2.75, 3.05) is 27.3 Å². The molecule has 0 aromatic carbocycles. The van der Waals surface area contributed by atoms with E-state index in [1.807, 2.05) is 11.1 Å². The van der Waals surface area contributed by atoms with E-state index in [1.54, 1.807) is 19.2 Å². The normalized spacial score (nSPS) is 15.0. The average molecular weight is 372 g/mol. The third-order valence-corrected chi connectivity index (χ3v) is 5.12. The zero-order valence-electron chi connectivity index (χ0n) is 16.4. The number of carbonyl (C=O) groups is 1. The van der Waals surface area contributed by atoms with Gasteiger partial charge in [-0.15, -0.1) is 0 Å². The summed E-state index contributed by atoms with van der Waals surface area (Å²) >= 11 is 0. The van der Waals surface area contributed by atoms with Crippen LogP contribution in [0.3, 0.4) is 0 Å². The third-order valence-electron chi connectivity index (χ3n) is 5.12. The number of unbranched alkanes of at least 4 members (excludes halogenated alkanes) is 1. The number of nitrogens with zero attached hydrogens (tertiary/aromatic N) is 4. The molecule has 3 rings (SSSR count). The van der Waals surface area contributed by atoms with Crippen molar-refractivity contribution in [3.8, 4) is 11.8 Å². The molecule has 0 saturated carbocycles. The van der Waals surface area contributed by atoms with Gasteiger partial charge in [0.15, 0.2) is 0 Å². The van der Waals surface area contributed by atoms with E-state index in [2.05, 4.69) is 27.7 Å². The van der Waals surface area contributed by atoms with Crippen molar-refractivity contribution >= 4 is 5.91 Å². The lowest BCUT2D eigenvalue weighted by Gasteiger charge is -2.32. The number of ether oxygens (including phenoxy) is 2. The second-order valence-electron chi connectivity index (χ2n) is 6.81. The Morgan fingerprint density at radius 3 is 2.67 bits per heavy atom. The summed E-state index contributed by atoms with van der Waals surface area (Å²) in [6.45, 7) is 4.63. The van der Waals surface area contributed by atoms with Crippen LogP contribution in [0.2, 0.25) is 0 Å². The molecule has 1 amide bonds. The third kappa shape index (κ3) is 4.23. The van der Waals surface area contributed by atoms with E-state index in [4.69, 9.17) is 9.47 Å². The highest BCUT2D eigenvalue weighted by Gasteiger charge is 2.28. The number of carbonyl (C=O) groups excluding carboxylic acids is 1. The fourth-order valence-corrected chi connectivity index (χ4v) is 3.56. The van der Waals surface area contributed by atoms with Crippen molar-refractivity contribution in [2.45, 2.75) is 45.1 Å². The molecule has 2 aromatic heterocycles. The van der Waals surface area contributed by atoms with E-state index in [0.29, 0.717) is 36.3 Å². The molecule has 0 radical (unpaired) electrons. The van der Waals surface area contributed by atoms with E-state index >= 15 is 0 Å². The Hall–Kier alpha value is -2.57. The van der Waals surface area contributed by atoms with Gasteiger partial charge in [-0.05, 0) is 25.3 Å². The Labute approximate surface area is 160 Å². The summed E-state index contributed by atoms with van der Waals surface area (Å²) < 4.78 is 12.7. The van der Waals surface area contributed by atoms with Crippen LogP contribution in [0, 0.1) is 0 Å². The highest BCUT2D eigenvalue weighted by molar-refractivity contribution is 5.96. The molecule has 1 aliphatic heterocycles. The molecule has 27 heavy (non-hydrogen) atoms. The molecule has 7 nitrogen and oxygen atoms in total. The summed E-state index contributed by atoms with van der Waals surface area (Å²) in [6, 6.07) is 3.41. The highest BCUT2D eigenvalue weighted by Crippen LogP contribution is 2.29. The summed E-state index contributed by atoms with van der Waals surface area (Å²) in [7, 11) is 3.05. The standard InChI is InChI=1S/C20H28N4O3/c1-4-5-11-23-14-10-21-18(23)15-8-12-24(13-9-15)20(25)16-6-7-17(26-2)22-19(16)27-3/h6-7,10,14-15H,4-5,8-9,11-13H2,1-3H3. The number of likely N-dealkylation sites (tertiary alicyclic amines) is 1. The number of aromatic nitrogens is 3. The van der Waals surface area contributed by atoms with Crippen LogP contribution in [-0.4, -0.2) is 52.7 Å². The second kappa shape index (κ2) is 8.88. The number of aryl methyl sites for hydroxylation is 1. The Morgan fingerprint density at radius 1 is 1.22 bits per heavy atom. The van der Waals surface area contributed by atoms with Crippen molar-refractivity contribution < 1.29 is 14.3 Å². The maximum Gasteiger partial charge on any atom is 0.259 e. The van der Waals surface area contributed by atoms with Crippen LogP contribution in [0.15, 0.2) is 24.5 Å². The van der Waals surface area contributed by atoms with Crippen LogP contribution in [0.4, 0.5) is 0 Å². The molecule has 2 aromatic rings. The van der Waals surface area contributed by atoms with E-state index < -0.39 is 0 Å². The molecule has 1 fully saturated rings. The van der Waals surface area contributed by atoms with Crippen LogP contribution in [0.5, 0.6) is 11.8 Å². The van der Waals surface area contributed by atoms with Gasteiger partial charge in [0.1, 0.15) is 11.4 Å². The van der Waals surface area contributed by atoms with Gasteiger partial charge in [-0.1, -0.05) is 13.3 Å². The molecule has 1 saturated heterocycles. The fraction of sp³-hybridized carbons (Fsp3) is 0.550. The van der Waals surface area contributed by atoms with E-state index in [-0.39, 0.29) is 5.91 Å². The molecule has 146 valence electrons. The first-order chi connectivity index (χ1) is 13.2. The molecular weight excluding hydrogens is 344 g/mol. The van der Waals surface area contributed by atoms with Gasteiger partial charge in [-0.25, -0.2) is 4.98 Å². The Morgan fingerprint density at radius 2 is 2.00 bits per heavy atom. The summed E-state index contributed by atoms with van der Waals surface area (Å²) in [5, 5.41) is 0. The lowest BCUT2D eigenvalue weighted by atomic mass is 9.95. The summed E-state index contributed by atoms with van der Waals surface area (Å²) in [4.78, 5) is 23.6. The van der Waals surface area contributed by atoms with Gasteiger partial charge in [0.25, 0.3) is 5.91 Å². The molecular formula is C20H28N4O3. The maximum absolute atomic E-state index is 12.9. The average Bonchev–Trinajstić information content (AvgIpc) is 3.19. The molecule has 0 unspecified atom stereocenters. The molecule has 1 aliphatic rings. The van der Waals surface area contributed by atoms with Gasteiger partial charge < -0.3 is 18.9 Å². The minimum atomic E-state index is -0.0465. The minimum Gasteiger partial charge on any atom is -0.481 e. The van der Waals surface area contributed by atoms with Crippen LogP contribution < -0.4 is 9.47 Å². The number of amides is 1. The van der Waals surface area contributed by atoms with Crippen molar-refractivity contribution in [3.05, 3.63) is 35.9 Å². The maximum atomic E-state index is 12.9. The highest BCUT2D eigenvalue weighted by atomic mass is 16.5. The van der Waals surface area contributed by atoms with E-state index in [9.17, 15) is 4.79 Å². The SMILES string of the molecule is CCCCn1ccnc1C1CCN(C(=O)c2ccc(OC)nc2OC)CC1. The van der Waals surface area contributed by atoms with Gasteiger partial charge in [-0.3, -0.25) is 4.79 Å². The molecule has 0 atom stereocenters. The first-order valence-corrected chi connectivity index (χ1v) is 9.57. The zero-order chi connectivity index (χ0) is 19.2. The van der Waals surface area contributed by atoms with Crippen LogP contribution in [0.25, 0.3) is 0 Å². The molecule has 0 aliphatic carbocycles. The quantitative estimate of drug-likeness (QED) is 0.747. The number of methoxy groups -OCH3 is 2. The smallest absolute Gasteiger partial charge is 0.259 e. The minimum absolute atomic E-state index is 0.0465. The van der Waals surface area contributed by atoms with E-state index in [1.165, 1.54) is 13.5 Å². The number of rotatable bonds is 7. The lowest BCUT2D eigenvalue weighted by molar-refractivity contribution is 0.0706. The molecule has 3 heterocycles. The van der Waals surface area contributed by atoms with Crippen LogP contribution in [0.1, 0.15) is 54.7 Å². The predicted octanol–water partition coefficient (Wildman–Crippen LogP) is 3.12. The first kappa shape index (κ1) is 19.2. The van der Waals surface area contributed by atoms with Gasteiger partial charge in [0, 0.05) is 44.0 Å². The van der Waals surface area contributed by atoms with Crippen molar-refractivity contribution in [1.29, 1.82) is 0 Å². The van der Waals surface area contributed by atoms with E-state index in [0.717, 1.165) is 31.6 Å². The first-order valence-electron chi connectivity index (χ1n) is 9.57. The van der Waals surface area contributed by atoms with Crippen LogP contribution >= 0.6 is 0 Å². The summed E-state index contributed by atoms with van der Waals surface area (Å²) in [6.07, 6.45) is 8.11. The topological polar surface area (TPSA) is 69.5 Å². The predicted molar refractivity (Wildman–Crippen MR) is 102 cm³/mol. The number of hydrogen-bond acceptors (Lipinski definition) is 5. The van der Waals surface area contributed by atoms with Crippen LogP contribution in [-0.2, 0) is 6.54 Å². The summed E-state index contributed by atoms with van der Waals surface area (Å²) in [5.74, 6) is 2.24. The van der Waals surface area contributed by atoms with Gasteiger partial charge in [0.05, 0.1) is 14.2 Å². The molecule has 0 N–H and O–H groups in total. The van der Waals surface area contributed by atoms with Crippen molar-refractivity contribution in [1.82, 2.24) is 19.4 Å². The number of imidazole rings is 1. The monoisotopic (exact) mass is 372 g/mol. The van der Waals surface area contributed by atoms with Gasteiger partial charge in [0.2, 0.25) is 11.8 Å². The number of piperidine rings is 1. The Bertz CT molecular complexity index is 766. The lowest BCUT2D eigenvalue weighted by Crippen LogP contribution is -2.38. The zero-order valence-corrected chi connectivity index (χ0v) is 16.4.